The van der Waals surface area contributed by atoms with Gasteiger partial charge in [-0.15, -0.1) is 0 Å². The predicted molar refractivity (Wildman–Crippen MR) is 73.7 cm³/mol. The van der Waals surface area contributed by atoms with Crippen molar-refractivity contribution in [1.29, 1.82) is 0 Å². The average molecular weight is 270 g/mol. The molecule has 0 spiro atoms. The third kappa shape index (κ3) is 1.99. The second-order valence-corrected chi connectivity index (χ2v) is 4.84. The fourth-order valence-electron chi connectivity index (χ4n) is 2.39. The first-order chi connectivity index (χ1) is 9.58. The minimum atomic E-state index is -0.256. The number of ketones is 1. The number of carbonyl (C=O) groups is 1. The molecule has 0 fully saturated rings. The molecule has 0 radical (unpaired) electrons. The number of rotatable bonds is 1. The Morgan fingerprint density at radius 3 is 2.70 bits per heavy atom. The molecule has 0 aromatic heterocycles. The van der Waals surface area contributed by atoms with Crippen molar-refractivity contribution in [2.75, 3.05) is 0 Å². The Labute approximate surface area is 116 Å². The zero-order chi connectivity index (χ0) is 14.3. The number of carbonyl (C=O) groups excluding carboxylic acids is 1. The van der Waals surface area contributed by atoms with Crippen molar-refractivity contribution in [2.24, 2.45) is 0 Å². The van der Waals surface area contributed by atoms with Crippen molar-refractivity contribution in [3.63, 3.8) is 0 Å². The summed E-state index contributed by atoms with van der Waals surface area (Å²) in [4.78, 5) is 12.2. The van der Waals surface area contributed by atoms with Gasteiger partial charge < -0.3 is 14.9 Å². The summed E-state index contributed by atoms with van der Waals surface area (Å²) in [5.41, 5.74) is 2.00. The van der Waals surface area contributed by atoms with Crippen LogP contribution in [0, 0.1) is 0 Å². The first-order valence-corrected chi connectivity index (χ1v) is 6.47. The van der Waals surface area contributed by atoms with Crippen molar-refractivity contribution >= 4 is 5.78 Å². The molecule has 4 nitrogen and oxygen atoms in total. The number of aryl methyl sites for hydroxylation is 1. The second-order valence-electron chi connectivity index (χ2n) is 4.84. The summed E-state index contributed by atoms with van der Waals surface area (Å²) in [7, 11) is 0. The molecule has 1 aliphatic heterocycles. The van der Waals surface area contributed by atoms with Crippen LogP contribution in [0.3, 0.4) is 0 Å². The normalized spacial score (nSPS) is 13.2. The molecule has 3 rings (SSSR count). The largest absolute Gasteiger partial charge is 0.508 e. The summed E-state index contributed by atoms with van der Waals surface area (Å²) in [6, 6.07) is 8.21. The van der Waals surface area contributed by atoms with E-state index in [1.54, 1.807) is 0 Å². The minimum absolute atomic E-state index is 0.122. The second kappa shape index (κ2) is 4.56. The van der Waals surface area contributed by atoms with Crippen LogP contribution in [0.5, 0.6) is 23.0 Å². The molecule has 20 heavy (non-hydrogen) atoms. The van der Waals surface area contributed by atoms with E-state index in [4.69, 9.17) is 4.74 Å². The maximum Gasteiger partial charge on any atom is 0.174 e. The van der Waals surface area contributed by atoms with Crippen LogP contribution >= 0.6 is 0 Å². The van der Waals surface area contributed by atoms with E-state index in [-0.39, 0.29) is 35.0 Å². The first kappa shape index (κ1) is 12.5. The molecule has 102 valence electrons. The molecule has 2 aromatic rings. The van der Waals surface area contributed by atoms with Crippen LogP contribution in [0.25, 0.3) is 0 Å². The van der Waals surface area contributed by atoms with Crippen LogP contribution in [-0.2, 0) is 12.8 Å². The summed E-state index contributed by atoms with van der Waals surface area (Å²) < 4.78 is 5.74. The molecule has 0 saturated heterocycles. The zero-order valence-electron chi connectivity index (χ0n) is 11.0. The van der Waals surface area contributed by atoms with Crippen LogP contribution in [0.15, 0.2) is 30.3 Å². The fraction of sp³-hybridized carbons (Fsp3) is 0.188. The van der Waals surface area contributed by atoms with Gasteiger partial charge >= 0.3 is 0 Å². The van der Waals surface area contributed by atoms with E-state index >= 15 is 0 Å². The van der Waals surface area contributed by atoms with Crippen molar-refractivity contribution in [3.8, 4) is 23.0 Å². The maximum atomic E-state index is 12.2. The lowest BCUT2D eigenvalue weighted by Crippen LogP contribution is -2.02. The highest BCUT2D eigenvalue weighted by atomic mass is 16.5. The van der Waals surface area contributed by atoms with Gasteiger partial charge in [0.05, 0.1) is 0 Å². The Hall–Kier alpha value is -2.49. The molecule has 1 heterocycles. The van der Waals surface area contributed by atoms with Crippen molar-refractivity contribution in [3.05, 3.63) is 47.0 Å². The number of phenols is 2. The van der Waals surface area contributed by atoms with Crippen molar-refractivity contribution < 1.29 is 19.7 Å². The summed E-state index contributed by atoms with van der Waals surface area (Å²) >= 11 is 0. The molecule has 0 bridgehead atoms. The van der Waals surface area contributed by atoms with Crippen LogP contribution in [-0.4, -0.2) is 16.0 Å². The maximum absolute atomic E-state index is 12.2. The van der Waals surface area contributed by atoms with E-state index in [0.29, 0.717) is 5.75 Å². The molecule has 0 aliphatic carbocycles. The molecule has 0 amide bonds. The van der Waals surface area contributed by atoms with Gasteiger partial charge in [-0.1, -0.05) is 19.1 Å². The van der Waals surface area contributed by atoms with Gasteiger partial charge in [-0.3, -0.25) is 4.79 Å². The Balaban J connectivity index is 2.18. The standard InChI is InChI=1S/C16H14O4/c1-2-9-3-4-10-6-12(18)16-13(19)7-11(17)8-15(16)20-14(10)5-9/h3-5,7-8,17,19H,2,6H2,1H3. The van der Waals surface area contributed by atoms with E-state index in [9.17, 15) is 15.0 Å². The van der Waals surface area contributed by atoms with Crippen LogP contribution in [0.4, 0.5) is 0 Å². The summed E-state index contributed by atoms with van der Waals surface area (Å²) in [6.07, 6.45) is 1.04. The summed E-state index contributed by atoms with van der Waals surface area (Å²) in [5, 5.41) is 19.4. The lowest BCUT2D eigenvalue weighted by molar-refractivity contribution is 0.0991. The third-order valence-corrected chi connectivity index (χ3v) is 3.46. The summed E-state index contributed by atoms with van der Waals surface area (Å²) in [6.45, 7) is 2.04. The Morgan fingerprint density at radius 1 is 1.15 bits per heavy atom. The predicted octanol–water partition coefficient (Wildman–Crippen LogP) is 3.19. The van der Waals surface area contributed by atoms with Gasteiger partial charge in [0.15, 0.2) is 5.78 Å². The number of phenolic OH excluding ortho intramolecular Hbond substituents is 2. The van der Waals surface area contributed by atoms with E-state index in [0.717, 1.165) is 23.6 Å². The molecular weight excluding hydrogens is 256 g/mol. The molecule has 1 aliphatic rings. The average Bonchev–Trinajstić information content (AvgIpc) is 2.52. The zero-order valence-corrected chi connectivity index (χ0v) is 11.0. The van der Waals surface area contributed by atoms with E-state index in [1.165, 1.54) is 6.07 Å². The number of hydrogen-bond donors (Lipinski definition) is 2. The monoisotopic (exact) mass is 270 g/mol. The van der Waals surface area contributed by atoms with E-state index in [2.05, 4.69) is 0 Å². The molecule has 0 unspecified atom stereocenters. The molecular formula is C16H14O4. The third-order valence-electron chi connectivity index (χ3n) is 3.46. The lowest BCUT2D eigenvalue weighted by atomic mass is 10.0. The van der Waals surface area contributed by atoms with Crippen LogP contribution in [0.2, 0.25) is 0 Å². The van der Waals surface area contributed by atoms with Crippen molar-refractivity contribution in [1.82, 2.24) is 0 Å². The number of hydrogen-bond acceptors (Lipinski definition) is 4. The summed E-state index contributed by atoms with van der Waals surface area (Å²) in [5.74, 6) is 0.180. The van der Waals surface area contributed by atoms with Crippen LogP contribution < -0.4 is 4.74 Å². The molecule has 2 aromatic carbocycles. The highest BCUT2D eigenvalue weighted by molar-refractivity contribution is 6.03. The topological polar surface area (TPSA) is 66.8 Å². The molecule has 0 saturated carbocycles. The Morgan fingerprint density at radius 2 is 1.95 bits per heavy atom. The van der Waals surface area contributed by atoms with Gasteiger partial charge in [-0.05, 0) is 18.1 Å². The SMILES string of the molecule is CCc1ccc2c(c1)Oc1cc(O)cc(O)c1C(=O)C2. The Kier molecular flexibility index (Phi) is 2.86. The lowest BCUT2D eigenvalue weighted by Gasteiger charge is -2.10. The molecule has 0 atom stereocenters. The fourth-order valence-corrected chi connectivity index (χ4v) is 2.39. The highest BCUT2D eigenvalue weighted by Crippen LogP contribution is 2.40. The molecule has 4 heteroatoms. The van der Waals surface area contributed by atoms with Gasteiger partial charge in [0.25, 0.3) is 0 Å². The minimum Gasteiger partial charge on any atom is -0.508 e. The van der Waals surface area contributed by atoms with E-state index in [1.807, 2.05) is 25.1 Å². The first-order valence-electron chi connectivity index (χ1n) is 6.47. The number of aromatic hydroxyl groups is 2. The Bertz CT molecular complexity index is 704. The number of Topliss-reactive ketones (excluding diaryl/α,β-unsaturated/α-hetero) is 1. The van der Waals surface area contributed by atoms with Gasteiger partial charge in [-0.25, -0.2) is 0 Å². The van der Waals surface area contributed by atoms with Gasteiger partial charge in [0.1, 0.15) is 28.6 Å². The van der Waals surface area contributed by atoms with E-state index < -0.39 is 0 Å². The van der Waals surface area contributed by atoms with Gasteiger partial charge in [-0.2, -0.15) is 0 Å². The van der Waals surface area contributed by atoms with Crippen LogP contribution in [0.1, 0.15) is 28.4 Å². The van der Waals surface area contributed by atoms with Gasteiger partial charge in [0, 0.05) is 24.1 Å². The smallest absolute Gasteiger partial charge is 0.174 e. The highest BCUT2D eigenvalue weighted by Gasteiger charge is 2.25. The quantitative estimate of drug-likeness (QED) is 0.835. The van der Waals surface area contributed by atoms with Gasteiger partial charge in [0.2, 0.25) is 0 Å². The molecule has 2 N–H and O–H groups in total. The van der Waals surface area contributed by atoms with Crippen molar-refractivity contribution in [2.45, 2.75) is 19.8 Å². The number of ether oxygens (including phenoxy) is 1. The number of benzene rings is 2. The number of fused-ring (bicyclic) bond motifs is 2.